The highest BCUT2D eigenvalue weighted by molar-refractivity contribution is 7.10. The van der Waals surface area contributed by atoms with E-state index in [1.807, 2.05) is 30.3 Å². The lowest BCUT2D eigenvalue weighted by Gasteiger charge is -2.38. The van der Waals surface area contributed by atoms with Crippen LogP contribution in [0.3, 0.4) is 0 Å². The van der Waals surface area contributed by atoms with Crippen molar-refractivity contribution < 1.29 is 14.6 Å². The smallest absolute Gasteiger partial charge is 0.161 e. The molecule has 1 N–H and O–H groups in total. The predicted octanol–water partition coefficient (Wildman–Crippen LogP) is 4.45. The average molecular weight is 396 g/mol. The van der Waals surface area contributed by atoms with Gasteiger partial charge in [0.15, 0.2) is 11.5 Å². The van der Waals surface area contributed by atoms with E-state index in [1.165, 1.54) is 16.0 Å². The monoisotopic (exact) mass is 395 g/mol. The van der Waals surface area contributed by atoms with Crippen LogP contribution in [0.5, 0.6) is 11.5 Å². The Labute approximate surface area is 170 Å². The van der Waals surface area contributed by atoms with E-state index in [0.717, 1.165) is 30.0 Å². The van der Waals surface area contributed by atoms with E-state index in [2.05, 4.69) is 34.5 Å². The molecule has 2 heterocycles. The SMILES string of the molecule is COc1cc2c(cc1OC)[C@H](c1cccs1)N(C[C@@H](O)c1ccccc1)CC2. The molecule has 146 valence electrons. The molecule has 4 rings (SSSR count). The Morgan fingerprint density at radius 3 is 2.50 bits per heavy atom. The first kappa shape index (κ1) is 19.0. The molecule has 5 heteroatoms. The zero-order valence-electron chi connectivity index (χ0n) is 16.2. The summed E-state index contributed by atoms with van der Waals surface area (Å²) in [5.41, 5.74) is 3.46. The Morgan fingerprint density at radius 2 is 1.82 bits per heavy atom. The van der Waals surface area contributed by atoms with Crippen LogP contribution >= 0.6 is 11.3 Å². The first-order valence-corrected chi connectivity index (χ1v) is 10.3. The molecule has 0 radical (unpaired) electrons. The zero-order chi connectivity index (χ0) is 19.5. The molecule has 4 nitrogen and oxygen atoms in total. The Hall–Kier alpha value is -2.34. The van der Waals surface area contributed by atoms with Crippen LogP contribution in [0.2, 0.25) is 0 Å². The molecule has 2 aromatic carbocycles. The summed E-state index contributed by atoms with van der Waals surface area (Å²) >= 11 is 1.75. The maximum absolute atomic E-state index is 10.8. The van der Waals surface area contributed by atoms with E-state index < -0.39 is 6.10 Å². The van der Waals surface area contributed by atoms with Gasteiger partial charge in [-0.1, -0.05) is 36.4 Å². The maximum atomic E-state index is 10.8. The van der Waals surface area contributed by atoms with Crippen LogP contribution in [-0.4, -0.2) is 37.3 Å². The van der Waals surface area contributed by atoms with Crippen LogP contribution in [0, 0.1) is 0 Å². The van der Waals surface area contributed by atoms with Gasteiger partial charge in [-0.25, -0.2) is 0 Å². The Balaban J connectivity index is 1.71. The fraction of sp³-hybridized carbons (Fsp3) is 0.304. The van der Waals surface area contributed by atoms with E-state index in [4.69, 9.17) is 9.47 Å². The minimum Gasteiger partial charge on any atom is -0.493 e. The number of nitrogens with zero attached hydrogens (tertiary/aromatic N) is 1. The van der Waals surface area contributed by atoms with Crippen LogP contribution in [0.4, 0.5) is 0 Å². The average Bonchev–Trinajstić information content (AvgIpc) is 3.27. The Kier molecular flexibility index (Phi) is 5.67. The summed E-state index contributed by atoms with van der Waals surface area (Å²) in [5, 5.41) is 12.9. The van der Waals surface area contributed by atoms with Crippen molar-refractivity contribution in [2.45, 2.75) is 18.6 Å². The van der Waals surface area contributed by atoms with Gasteiger partial charge in [-0.05, 0) is 46.7 Å². The highest BCUT2D eigenvalue weighted by Crippen LogP contribution is 2.42. The highest BCUT2D eigenvalue weighted by atomic mass is 32.1. The van der Waals surface area contributed by atoms with Crippen molar-refractivity contribution in [2.75, 3.05) is 27.3 Å². The van der Waals surface area contributed by atoms with Crippen molar-refractivity contribution in [2.24, 2.45) is 0 Å². The molecule has 0 saturated heterocycles. The number of hydrogen-bond acceptors (Lipinski definition) is 5. The van der Waals surface area contributed by atoms with Crippen molar-refractivity contribution in [1.82, 2.24) is 4.90 Å². The van der Waals surface area contributed by atoms with Gasteiger partial charge in [0.1, 0.15) is 0 Å². The first-order chi connectivity index (χ1) is 13.7. The highest BCUT2D eigenvalue weighted by Gasteiger charge is 2.32. The number of rotatable bonds is 6. The van der Waals surface area contributed by atoms with E-state index >= 15 is 0 Å². The molecule has 0 spiro atoms. The third-order valence-corrected chi connectivity index (χ3v) is 6.30. The summed E-state index contributed by atoms with van der Waals surface area (Å²) in [7, 11) is 3.34. The van der Waals surface area contributed by atoms with E-state index in [9.17, 15) is 5.11 Å². The third kappa shape index (κ3) is 3.65. The third-order valence-electron chi connectivity index (χ3n) is 5.38. The van der Waals surface area contributed by atoms with Crippen LogP contribution in [-0.2, 0) is 6.42 Å². The van der Waals surface area contributed by atoms with Crippen LogP contribution in [0.1, 0.15) is 33.7 Å². The van der Waals surface area contributed by atoms with Gasteiger partial charge in [-0.3, -0.25) is 4.90 Å². The lowest BCUT2D eigenvalue weighted by molar-refractivity contribution is 0.0929. The predicted molar refractivity (Wildman–Crippen MR) is 112 cm³/mol. The molecule has 0 aliphatic carbocycles. The van der Waals surface area contributed by atoms with Gasteiger partial charge in [-0.15, -0.1) is 11.3 Å². The fourth-order valence-electron chi connectivity index (χ4n) is 3.98. The van der Waals surface area contributed by atoms with Gasteiger partial charge in [0.05, 0.1) is 26.4 Å². The zero-order valence-corrected chi connectivity index (χ0v) is 17.0. The van der Waals surface area contributed by atoms with Crippen molar-refractivity contribution in [3.05, 3.63) is 81.5 Å². The van der Waals surface area contributed by atoms with Gasteiger partial charge in [0.25, 0.3) is 0 Å². The topological polar surface area (TPSA) is 41.9 Å². The Bertz CT molecular complexity index is 911. The minimum atomic E-state index is -0.523. The summed E-state index contributed by atoms with van der Waals surface area (Å²) in [5.74, 6) is 1.51. The molecular weight excluding hydrogens is 370 g/mol. The van der Waals surface area contributed by atoms with E-state index in [0.29, 0.717) is 6.54 Å². The second-order valence-corrected chi connectivity index (χ2v) is 7.97. The van der Waals surface area contributed by atoms with Crippen molar-refractivity contribution >= 4 is 11.3 Å². The second-order valence-electron chi connectivity index (χ2n) is 7.00. The van der Waals surface area contributed by atoms with Crippen LogP contribution < -0.4 is 9.47 Å². The molecule has 1 aromatic heterocycles. The molecular formula is C23H25NO3S. The van der Waals surface area contributed by atoms with Gasteiger partial charge >= 0.3 is 0 Å². The van der Waals surface area contributed by atoms with Gasteiger partial charge in [-0.2, -0.15) is 0 Å². The maximum Gasteiger partial charge on any atom is 0.161 e. The molecule has 3 aromatic rings. The molecule has 1 aliphatic heterocycles. The molecule has 1 aliphatic rings. The molecule has 0 saturated carbocycles. The van der Waals surface area contributed by atoms with Crippen molar-refractivity contribution in [3.8, 4) is 11.5 Å². The first-order valence-electron chi connectivity index (χ1n) is 9.46. The van der Waals surface area contributed by atoms with Gasteiger partial charge < -0.3 is 14.6 Å². The summed E-state index contributed by atoms with van der Waals surface area (Å²) < 4.78 is 11.1. The number of aliphatic hydroxyl groups is 1. The summed E-state index contributed by atoms with van der Waals surface area (Å²) in [6, 6.07) is 18.4. The number of ether oxygens (including phenoxy) is 2. The number of methoxy groups -OCH3 is 2. The number of benzene rings is 2. The molecule has 28 heavy (non-hydrogen) atoms. The quantitative estimate of drug-likeness (QED) is 0.670. The summed E-state index contributed by atoms with van der Waals surface area (Å²) in [4.78, 5) is 3.64. The minimum absolute atomic E-state index is 0.0990. The van der Waals surface area contributed by atoms with Gasteiger partial charge in [0, 0.05) is 18.0 Å². The largest absolute Gasteiger partial charge is 0.493 e. The molecule has 0 amide bonds. The number of hydrogen-bond donors (Lipinski definition) is 1. The number of β-amino-alcohol motifs (C(OH)–C–C–N with tert-alkyl or cyclic N) is 1. The molecule has 0 unspecified atom stereocenters. The lowest BCUT2D eigenvalue weighted by atomic mass is 9.90. The van der Waals surface area contributed by atoms with Gasteiger partial charge in [0.2, 0.25) is 0 Å². The Morgan fingerprint density at radius 1 is 1.07 bits per heavy atom. The van der Waals surface area contributed by atoms with E-state index in [-0.39, 0.29) is 6.04 Å². The molecule has 2 atom stereocenters. The van der Waals surface area contributed by atoms with Crippen LogP contribution in [0.15, 0.2) is 60.0 Å². The van der Waals surface area contributed by atoms with Crippen LogP contribution in [0.25, 0.3) is 0 Å². The van der Waals surface area contributed by atoms with Crippen molar-refractivity contribution in [3.63, 3.8) is 0 Å². The lowest BCUT2D eigenvalue weighted by Crippen LogP contribution is -2.38. The summed E-state index contributed by atoms with van der Waals surface area (Å²) in [6.45, 7) is 1.47. The number of aliphatic hydroxyl groups excluding tert-OH is 1. The normalized spacial score (nSPS) is 17.8. The summed E-state index contributed by atoms with van der Waals surface area (Å²) in [6.07, 6.45) is 0.393. The standard InChI is InChI=1S/C23H25NO3S/c1-26-20-13-17-10-11-24(15-19(25)16-7-4-3-5-8-16)23(22-9-6-12-28-22)18(17)14-21(20)27-2/h3-9,12-14,19,23,25H,10-11,15H2,1-2H3/t19-,23-/m1/s1. The number of fused-ring (bicyclic) bond motifs is 1. The fourth-order valence-corrected chi connectivity index (χ4v) is 4.85. The van der Waals surface area contributed by atoms with E-state index in [1.54, 1.807) is 25.6 Å². The second kappa shape index (κ2) is 8.35. The number of thiophene rings is 1. The molecule has 0 bridgehead atoms. The molecule has 0 fully saturated rings. The van der Waals surface area contributed by atoms with Crippen molar-refractivity contribution in [1.29, 1.82) is 0 Å².